The topological polar surface area (TPSA) is 0 Å². The van der Waals surface area contributed by atoms with Gasteiger partial charge < -0.3 is 0 Å². The van der Waals surface area contributed by atoms with Crippen LogP contribution in [-0.4, -0.2) is 5.33 Å². The van der Waals surface area contributed by atoms with Crippen LogP contribution in [0.1, 0.15) is 13.8 Å². The highest BCUT2D eigenvalue weighted by Crippen LogP contribution is 2.46. The zero-order valence-corrected chi connectivity index (χ0v) is 6.40. The Kier molecular flexibility index (Phi) is 1.42. The lowest BCUT2D eigenvalue weighted by Crippen LogP contribution is -1.75. The molecule has 7 heavy (non-hydrogen) atoms. The summed E-state index contributed by atoms with van der Waals surface area (Å²) in [4.78, 5) is 0. The van der Waals surface area contributed by atoms with E-state index < -0.39 is 0 Å². The first-order chi connectivity index (χ1) is 3.27. The van der Waals surface area contributed by atoms with Crippen LogP contribution >= 0.6 is 15.9 Å². The molecule has 1 fully saturated rings. The van der Waals surface area contributed by atoms with E-state index in [1.54, 1.807) is 0 Å². The second-order valence-electron chi connectivity index (χ2n) is 2.54. The van der Waals surface area contributed by atoms with Gasteiger partial charge in [-0.05, 0) is 17.8 Å². The molecule has 0 aromatic carbocycles. The second-order valence-corrected chi connectivity index (χ2v) is 3.18. The molecule has 0 N–H and O–H groups in total. The van der Waals surface area contributed by atoms with Crippen molar-refractivity contribution in [1.29, 1.82) is 0 Å². The number of halogens is 1. The van der Waals surface area contributed by atoms with Gasteiger partial charge in [0.1, 0.15) is 0 Å². The Morgan fingerprint density at radius 2 is 1.71 bits per heavy atom. The Labute approximate surface area is 53.4 Å². The minimum atomic E-state index is 0.986. The van der Waals surface area contributed by atoms with Crippen molar-refractivity contribution in [3.05, 3.63) is 0 Å². The molecular weight excluding hydrogens is 152 g/mol. The highest BCUT2D eigenvalue weighted by atomic mass is 79.9. The lowest BCUT2D eigenvalue weighted by atomic mass is 10.4. The van der Waals surface area contributed by atoms with Crippen LogP contribution in [0.25, 0.3) is 0 Å². The van der Waals surface area contributed by atoms with Crippen LogP contribution in [0.4, 0.5) is 0 Å². The average molecular weight is 163 g/mol. The van der Waals surface area contributed by atoms with Crippen molar-refractivity contribution in [1.82, 2.24) is 0 Å². The molecule has 0 amide bonds. The predicted octanol–water partition coefficient (Wildman–Crippen LogP) is 2.28. The van der Waals surface area contributed by atoms with Crippen molar-refractivity contribution >= 4 is 15.9 Å². The zero-order valence-electron chi connectivity index (χ0n) is 4.82. The standard InChI is InChI=1S/C6H11Br/c1-4-5(2)6(4)3-7/h4-6H,3H2,1-2H3. The molecule has 0 radical (unpaired) electrons. The summed E-state index contributed by atoms with van der Waals surface area (Å²) in [6.45, 7) is 4.63. The SMILES string of the molecule is CC1C(C)C1CBr. The first kappa shape index (κ1) is 5.61. The molecule has 1 aliphatic rings. The molecule has 42 valence electrons. The molecule has 2 unspecified atom stereocenters. The van der Waals surface area contributed by atoms with E-state index in [2.05, 4.69) is 29.8 Å². The second kappa shape index (κ2) is 1.77. The van der Waals surface area contributed by atoms with Gasteiger partial charge in [0.05, 0.1) is 0 Å². The Morgan fingerprint density at radius 3 is 1.71 bits per heavy atom. The molecule has 0 saturated heterocycles. The molecule has 0 spiro atoms. The molecule has 0 aliphatic heterocycles. The predicted molar refractivity (Wildman–Crippen MR) is 35.6 cm³/mol. The van der Waals surface area contributed by atoms with Crippen LogP contribution in [0.3, 0.4) is 0 Å². The summed E-state index contributed by atoms with van der Waals surface area (Å²) >= 11 is 3.46. The molecule has 1 heteroatoms. The third-order valence-corrected chi connectivity index (χ3v) is 2.96. The van der Waals surface area contributed by atoms with Crippen molar-refractivity contribution in [2.75, 3.05) is 5.33 Å². The molecule has 0 bridgehead atoms. The van der Waals surface area contributed by atoms with E-state index >= 15 is 0 Å². The smallest absolute Gasteiger partial charge is 0.00649 e. The third-order valence-electron chi connectivity index (χ3n) is 2.22. The number of rotatable bonds is 1. The van der Waals surface area contributed by atoms with E-state index in [0.717, 1.165) is 17.8 Å². The van der Waals surface area contributed by atoms with Crippen LogP contribution in [0, 0.1) is 17.8 Å². The molecule has 2 atom stereocenters. The lowest BCUT2D eigenvalue weighted by Gasteiger charge is -1.78. The van der Waals surface area contributed by atoms with Gasteiger partial charge in [0.2, 0.25) is 0 Å². The van der Waals surface area contributed by atoms with Crippen molar-refractivity contribution in [2.45, 2.75) is 13.8 Å². The van der Waals surface area contributed by atoms with Crippen LogP contribution in [-0.2, 0) is 0 Å². The first-order valence-corrected chi connectivity index (χ1v) is 3.95. The quantitative estimate of drug-likeness (QED) is 0.520. The summed E-state index contributed by atoms with van der Waals surface area (Å²) in [5, 5.41) is 1.20. The van der Waals surface area contributed by atoms with E-state index in [1.165, 1.54) is 5.33 Å². The van der Waals surface area contributed by atoms with Gasteiger partial charge in [0.15, 0.2) is 0 Å². The van der Waals surface area contributed by atoms with Crippen LogP contribution in [0.15, 0.2) is 0 Å². The Morgan fingerprint density at radius 1 is 1.29 bits per heavy atom. The van der Waals surface area contributed by atoms with Crippen LogP contribution < -0.4 is 0 Å². The fourth-order valence-corrected chi connectivity index (χ4v) is 2.23. The van der Waals surface area contributed by atoms with E-state index in [0.29, 0.717) is 0 Å². The van der Waals surface area contributed by atoms with Gasteiger partial charge in [0, 0.05) is 5.33 Å². The van der Waals surface area contributed by atoms with Gasteiger partial charge in [-0.15, -0.1) is 0 Å². The summed E-state index contributed by atoms with van der Waals surface area (Å²) < 4.78 is 0. The van der Waals surface area contributed by atoms with Gasteiger partial charge in [-0.2, -0.15) is 0 Å². The van der Waals surface area contributed by atoms with Crippen LogP contribution in [0.5, 0.6) is 0 Å². The summed E-state index contributed by atoms with van der Waals surface area (Å²) in [6, 6.07) is 0. The number of hydrogen-bond donors (Lipinski definition) is 0. The van der Waals surface area contributed by atoms with Gasteiger partial charge in [0.25, 0.3) is 0 Å². The highest BCUT2D eigenvalue weighted by Gasteiger charge is 2.41. The van der Waals surface area contributed by atoms with Gasteiger partial charge in [-0.25, -0.2) is 0 Å². The minimum absolute atomic E-state index is 0.986. The molecule has 1 rings (SSSR count). The maximum atomic E-state index is 3.46. The summed E-state index contributed by atoms with van der Waals surface area (Å²) in [5.74, 6) is 2.96. The maximum Gasteiger partial charge on any atom is 0.00649 e. The summed E-state index contributed by atoms with van der Waals surface area (Å²) in [6.07, 6.45) is 0. The number of hydrogen-bond acceptors (Lipinski definition) is 0. The third kappa shape index (κ3) is 0.835. The number of alkyl halides is 1. The van der Waals surface area contributed by atoms with E-state index in [-0.39, 0.29) is 0 Å². The highest BCUT2D eigenvalue weighted by molar-refractivity contribution is 9.09. The van der Waals surface area contributed by atoms with Gasteiger partial charge in [-0.1, -0.05) is 29.8 Å². The fourth-order valence-electron chi connectivity index (χ4n) is 1.05. The fraction of sp³-hybridized carbons (Fsp3) is 1.00. The van der Waals surface area contributed by atoms with E-state index in [4.69, 9.17) is 0 Å². The monoisotopic (exact) mass is 162 g/mol. The molecule has 0 aromatic heterocycles. The Balaban J connectivity index is 2.24. The lowest BCUT2D eigenvalue weighted by molar-refractivity contribution is 0.834. The first-order valence-electron chi connectivity index (χ1n) is 2.83. The summed E-state index contributed by atoms with van der Waals surface area (Å²) in [7, 11) is 0. The van der Waals surface area contributed by atoms with Gasteiger partial charge in [-0.3, -0.25) is 0 Å². The zero-order chi connectivity index (χ0) is 5.44. The van der Waals surface area contributed by atoms with E-state index in [1.807, 2.05) is 0 Å². The average Bonchev–Trinajstić information content (AvgIpc) is 2.17. The van der Waals surface area contributed by atoms with Gasteiger partial charge >= 0.3 is 0 Å². The molecule has 0 aromatic rings. The summed E-state index contributed by atoms with van der Waals surface area (Å²) in [5.41, 5.74) is 0. The van der Waals surface area contributed by atoms with Crippen LogP contribution in [0.2, 0.25) is 0 Å². The van der Waals surface area contributed by atoms with Crippen molar-refractivity contribution in [3.63, 3.8) is 0 Å². The molecule has 1 aliphatic carbocycles. The molecule has 0 nitrogen and oxygen atoms in total. The molecule has 0 heterocycles. The van der Waals surface area contributed by atoms with Crippen molar-refractivity contribution in [2.24, 2.45) is 17.8 Å². The maximum absolute atomic E-state index is 3.46. The van der Waals surface area contributed by atoms with E-state index in [9.17, 15) is 0 Å². The molecule has 1 saturated carbocycles. The normalized spacial score (nSPS) is 49.3. The van der Waals surface area contributed by atoms with Crippen molar-refractivity contribution in [3.8, 4) is 0 Å². The molecular formula is C6H11Br. The Hall–Kier alpha value is 0.480. The Bertz CT molecular complexity index is 62.6. The largest absolute Gasteiger partial charge is 0.0925 e. The minimum Gasteiger partial charge on any atom is -0.0925 e. The van der Waals surface area contributed by atoms with Crippen molar-refractivity contribution < 1.29 is 0 Å².